The van der Waals surface area contributed by atoms with Crippen molar-refractivity contribution < 1.29 is 19.1 Å². The molecule has 1 aromatic carbocycles. The molecule has 0 unspecified atom stereocenters. The van der Waals surface area contributed by atoms with E-state index < -0.39 is 5.91 Å². The molecule has 0 aliphatic carbocycles. The number of anilines is 1. The van der Waals surface area contributed by atoms with E-state index in [4.69, 9.17) is 26.8 Å². The number of pyridine rings is 1. The summed E-state index contributed by atoms with van der Waals surface area (Å²) in [6.07, 6.45) is 4.88. The number of aromatic nitrogens is 1. The predicted molar refractivity (Wildman–Crippen MR) is 115 cm³/mol. The van der Waals surface area contributed by atoms with Gasteiger partial charge >= 0.3 is 0 Å². The summed E-state index contributed by atoms with van der Waals surface area (Å²) in [5.74, 6) is 1.08. The number of nitrogens with two attached hydrogens (primary N) is 1. The van der Waals surface area contributed by atoms with Gasteiger partial charge in [0.15, 0.2) is 18.1 Å². The number of carbonyl (C=O) groups is 2. The fourth-order valence-corrected chi connectivity index (χ4v) is 3.15. The minimum atomic E-state index is -0.571. The van der Waals surface area contributed by atoms with Gasteiger partial charge in [-0.25, -0.2) is 4.98 Å². The minimum absolute atomic E-state index is 0.0632. The molecule has 1 aromatic heterocycles. The van der Waals surface area contributed by atoms with Gasteiger partial charge in [-0.1, -0.05) is 17.7 Å². The number of rotatable bonds is 7. The lowest BCUT2D eigenvalue weighted by Gasteiger charge is -2.34. The normalized spacial score (nSPS) is 14.1. The number of methoxy groups -OCH3 is 1. The Morgan fingerprint density at radius 1 is 1.17 bits per heavy atom. The molecule has 0 bridgehead atoms. The smallest absolute Gasteiger partial charge is 0.255 e. The zero-order valence-corrected chi connectivity index (χ0v) is 17.3. The standard InChI is InChI=1S/C21H23ClN4O4/c1-29-18-12-15(2-5-17(18)30-14-19(23)27)3-7-21(28)26-10-8-25(9-11-26)20-6-4-16(22)13-24-20/h2-7,12-13H,8-11,14H2,1H3,(H2,23,27)/b7-3+. The molecule has 8 nitrogen and oxygen atoms in total. The van der Waals surface area contributed by atoms with E-state index in [1.54, 1.807) is 35.4 Å². The van der Waals surface area contributed by atoms with Crippen molar-refractivity contribution in [2.75, 3.05) is 44.8 Å². The second-order valence-electron chi connectivity index (χ2n) is 6.65. The molecule has 2 aromatic rings. The van der Waals surface area contributed by atoms with Gasteiger partial charge in [-0.3, -0.25) is 9.59 Å². The van der Waals surface area contributed by atoms with E-state index in [-0.39, 0.29) is 12.5 Å². The Kier molecular flexibility index (Phi) is 7.13. The lowest BCUT2D eigenvalue weighted by molar-refractivity contribution is -0.126. The number of halogens is 1. The molecule has 2 N–H and O–H groups in total. The second-order valence-corrected chi connectivity index (χ2v) is 7.08. The van der Waals surface area contributed by atoms with Gasteiger partial charge in [0.1, 0.15) is 5.82 Å². The first-order valence-electron chi connectivity index (χ1n) is 9.39. The highest BCUT2D eigenvalue weighted by atomic mass is 35.5. The van der Waals surface area contributed by atoms with Crippen LogP contribution in [-0.2, 0) is 9.59 Å². The number of nitrogens with zero attached hydrogens (tertiary/aromatic N) is 3. The van der Waals surface area contributed by atoms with Crippen LogP contribution in [0.5, 0.6) is 11.5 Å². The lowest BCUT2D eigenvalue weighted by atomic mass is 10.2. The molecule has 30 heavy (non-hydrogen) atoms. The third kappa shape index (κ3) is 5.64. The number of carbonyl (C=O) groups excluding carboxylic acids is 2. The predicted octanol–water partition coefficient (Wildman–Crippen LogP) is 1.97. The number of ether oxygens (including phenoxy) is 2. The highest BCUT2D eigenvalue weighted by molar-refractivity contribution is 6.30. The highest BCUT2D eigenvalue weighted by Gasteiger charge is 2.20. The number of hydrogen-bond donors (Lipinski definition) is 1. The Bertz CT molecular complexity index is 925. The quantitative estimate of drug-likeness (QED) is 0.674. The number of primary amides is 1. The van der Waals surface area contributed by atoms with Gasteiger partial charge in [-0.2, -0.15) is 0 Å². The van der Waals surface area contributed by atoms with E-state index >= 15 is 0 Å². The molecule has 0 atom stereocenters. The maximum atomic E-state index is 12.5. The zero-order chi connectivity index (χ0) is 21.5. The maximum Gasteiger partial charge on any atom is 0.255 e. The lowest BCUT2D eigenvalue weighted by Crippen LogP contribution is -2.48. The molecule has 1 fully saturated rings. The van der Waals surface area contributed by atoms with E-state index in [1.807, 2.05) is 12.1 Å². The van der Waals surface area contributed by atoms with Gasteiger partial charge in [0, 0.05) is 38.5 Å². The van der Waals surface area contributed by atoms with E-state index in [1.165, 1.54) is 13.2 Å². The topological polar surface area (TPSA) is 98.0 Å². The van der Waals surface area contributed by atoms with Gasteiger partial charge in [0.05, 0.1) is 12.1 Å². The number of amides is 2. The molecule has 1 aliphatic rings. The van der Waals surface area contributed by atoms with Crippen molar-refractivity contribution in [1.29, 1.82) is 0 Å². The monoisotopic (exact) mass is 430 g/mol. The second kappa shape index (κ2) is 9.98. The van der Waals surface area contributed by atoms with Gasteiger partial charge in [0.2, 0.25) is 5.91 Å². The third-order valence-electron chi connectivity index (χ3n) is 4.60. The van der Waals surface area contributed by atoms with Crippen molar-refractivity contribution in [3.05, 3.63) is 53.2 Å². The Hall–Kier alpha value is -3.26. The van der Waals surface area contributed by atoms with Crippen molar-refractivity contribution >= 4 is 35.3 Å². The van der Waals surface area contributed by atoms with Crippen molar-refractivity contribution in [2.45, 2.75) is 0 Å². The van der Waals surface area contributed by atoms with E-state index in [0.717, 1.165) is 11.4 Å². The first-order valence-corrected chi connectivity index (χ1v) is 9.76. The molecule has 1 saturated heterocycles. The van der Waals surface area contributed by atoms with Gasteiger partial charge in [-0.15, -0.1) is 0 Å². The summed E-state index contributed by atoms with van der Waals surface area (Å²) in [5, 5.41) is 0.599. The van der Waals surface area contributed by atoms with Crippen LogP contribution in [0, 0.1) is 0 Å². The SMILES string of the molecule is COc1cc(/C=C/C(=O)N2CCN(c3ccc(Cl)cn3)CC2)ccc1OCC(N)=O. The first-order chi connectivity index (χ1) is 14.5. The molecule has 0 spiro atoms. The summed E-state index contributed by atoms with van der Waals surface area (Å²) in [5.41, 5.74) is 5.87. The number of benzene rings is 1. The van der Waals surface area contributed by atoms with Crippen molar-refractivity contribution in [2.24, 2.45) is 5.73 Å². The van der Waals surface area contributed by atoms with Crippen LogP contribution < -0.4 is 20.1 Å². The van der Waals surface area contributed by atoms with Crippen LogP contribution in [0.25, 0.3) is 6.08 Å². The van der Waals surface area contributed by atoms with E-state index in [0.29, 0.717) is 42.7 Å². The molecule has 0 radical (unpaired) electrons. The van der Waals surface area contributed by atoms with Gasteiger partial charge < -0.3 is 25.0 Å². The van der Waals surface area contributed by atoms with Crippen molar-refractivity contribution in [1.82, 2.24) is 9.88 Å². The highest BCUT2D eigenvalue weighted by Crippen LogP contribution is 2.28. The van der Waals surface area contributed by atoms with Crippen LogP contribution in [0.2, 0.25) is 5.02 Å². The molecule has 0 saturated carbocycles. The fourth-order valence-electron chi connectivity index (χ4n) is 3.04. The van der Waals surface area contributed by atoms with E-state index in [9.17, 15) is 9.59 Å². The molecular formula is C21H23ClN4O4. The van der Waals surface area contributed by atoms with Crippen molar-refractivity contribution in [3.8, 4) is 11.5 Å². The largest absolute Gasteiger partial charge is 0.493 e. The van der Waals surface area contributed by atoms with Gasteiger partial charge in [0.25, 0.3) is 5.91 Å². The first kappa shape index (κ1) is 21.4. The van der Waals surface area contributed by atoms with Crippen LogP contribution in [0.15, 0.2) is 42.6 Å². The fraction of sp³-hybridized carbons (Fsp3) is 0.286. The third-order valence-corrected chi connectivity index (χ3v) is 4.83. The molecule has 2 amide bonds. The Labute approximate surface area is 179 Å². The zero-order valence-electron chi connectivity index (χ0n) is 16.6. The summed E-state index contributed by atoms with van der Waals surface area (Å²) in [4.78, 5) is 31.7. The summed E-state index contributed by atoms with van der Waals surface area (Å²) < 4.78 is 10.6. The van der Waals surface area contributed by atoms with Crippen LogP contribution in [-0.4, -0.2) is 61.6 Å². The molecule has 1 aliphatic heterocycles. The average Bonchev–Trinajstić information content (AvgIpc) is 2.76. The molecule has 3 rings (SSSR count). The summed E-state index contributed by atoms with van der Waals surface area (Å²) in [6.45, 7) is 2.39. The average molecular weight is 431 g/mol. The van der Waals surface area contributed by atoms with Gasteiger partial charge in [-0.05, 0) is 35.9 Å². The summed E-state index contributed by atoms with van der Waals surface area (Å²) in [7, 11) is 1.50. The summed E-state index contributed by atoms with van der Waals surface area (Å²) >= 11 is 5.88. The molecule has 2 heterocycles. The molecule has 9 heteroatoms. The minimum Gasteiger partial charge on any atom is -0.493 e. The number of piperazine rings is 1. The Balaban J connectivity index is 1.57. The molecular weight excluding hydrogens is 408 g/mol. The Morgan fingerprint density at radius 3 is 2.57 bits per heavy atom. The summed E-state index contributed by atoms with van der Waals surface area (Å²) in [6, 6.07) is 8.85. The van der Waals surface area contributed by atoms with E-state index in [2.05, 4.69) is 9.88 Å². The molecule has 158 valence electrons. The van der Waals surface area contributed by atoms with Crippen molar-refractivity contribution in [3.63, 3.8) is 0 Å². The van der Waals surface area contributed by atoms with Crippen LogP contribution >= 0.6 is 11.6 Å². The van der Waals surface area contributed by atoms with Crippen LogP contribution in [0.1, 0.15) is 5.56 Å². The Morgan fingerprint density at radius 2 is 1.93 bits per heavy atom. The number of hydrogen-bond acceptors (Lipinski definition) is 6. The van der Waals surface area contributed by atoms with Crippen LogP contribution in [0.3, 0.4) is 0 Å². The maximum absolute atomic E-state index is 12.5. The van der Waals surface area contributed by atoms with Crippen LogP contribution in [0.4, 0.5) is 5.82 Å².